The fourth-order valence-corrected chi connectivity index (χ4v) is 0.336. The molecule has 0 radical (unpaired) electrons. The molecular formula is C6H9ClO. The average Bonchev–Trinajstić information content (AvgIpc) is 1.83. The number of rotatable bonds is 1. The molecular weight excluding hydrogens is 124 g/mol. The largest absolute Gasteiger partial charge is 0.380 e. The first kappa shape index (κ1) is 7.81. The molecule has 1 N–H and O–H groups in total. The Morgan fingerprint density at radius 3 is 2.75 bits per heavy atom. The van der Waals surface area contributed by atoms with Crippen LogP contribution in [0.5, 0.6) is 0 Å². The van der Waals surface area contributed by atoms with Crippen LogP contribution in [0.25, 0.3) is 0 Å². The van der Waals surface area contributed by atoms with Crippen molar-refractivity contribution in [1.29, 1.82) is 0 Å². The maximum atomic E-state index is 8.76. The van der Waals surface area contributed by atoms with Crippen LogP contribution in [0.3, 0.4) is 0 Å². The molecule has 0 heterocycles. The van der Waals surface area contributed by atoms with Gasteiger partial charge in [-0.2, -0.15) is 0 Å². The molecule has 0 aromatic rings. The van der Waals surface area contributed by atoms with Crippen molar-refractivity contribution in [2.45, 2.75) is 19.4 Å². The third-order valence-corrected chi connectivity index (χ3v) is 0.856. The van der Waals surface area contributed by atoms with Crippen molar-refractivity contribution >= 4 is 11.6 Å². The van der Waals surface area contributed by atoms with E-state index in [1.165, 1.54) is 0 Å². The van der Waals surface area contributed by atoms with Gasteiger partial charge in [0.2, 0.25) is 0 Å². The molecule has 2 heteroatoms. The van der Waals surface area contributed by atoms with Crippen molar-refractivity contribution in [2.24, 2.45) is 0 Å². The van der Waals surface area contributed by atoms with Crippen molar-refractivity contribution in [3.63, 3.8) is 0 Å². The highest BCUT2D eigenvalue weighted by Gasteiger charge is 1.88. The summed E-state index contributed by atoms with van der Waals surface area (Å²) >= 11 is 5.22. The Morgan fingerprint density at radius 2 is 2.38 bits per heavy atom. The summed E-state index contributed by atoms with van der Waals surface area (Å²) in [4.78, 5) is 0. The standard InChI is InChI=1S/C6H9ClO/c1-2-6(8)4-3-5-7/h6,8H,2,5H2,1H3/t6-/m0/s1. The molecule has 0 unspecified atom stereocenters. The minimum atomic E-state index is -0.492. The van der Waals surface area contributed by atoms with Crippen LogP contribution in [-0.2, 0) is 0 Å². The maximum Gasteiger partial charge on any atom is 0.114 e. The van der Waals surface area contributed by atoms with E-state index in [4.69, 9.17) is 16.7 Å². The SMILES string of the molecule is CC[C@H](O)C#CCCl. The van der Waals surface area contributed by atoms with Crippen LogP contribution in [-0.4, -0.2) is 17.1 Å². The normalized spacial score (nSPS) is 11.9. The van der Waals surface area contributed by atoms with Crippen LogP contribution in [0.4, 0.5) is 0 Å². The zero-order chi connectivity index (χ0) is 6.41. The molecule has 1 atom stereocenters. The zero-order valence-corrected chi connectivity index (χ0v) is 5.57. The van der Waals surface area contributed by atoms with E-state index in [9.17, 15) is 0 Å². The van der Waals surface area contributed by atoms with E-state index >= 15 is 0 Å². The van der Waals surface area contributed by atoms with Gasteiger partial charge in [-0.3, -0.25) is 0 Å². The number of aliphatic hydroxyl groups is 1. The third kappa shape index (κ3) is 3.98. The number of hydrogen-bond acceptors (Lipinski definition) is 1. The highest BCUT2D eigenvalue weighted by atomic mass is 35.5. The molecule has 0 aliphatic carbocycles. The lowest BCUT2D eigenvalue weighted by atomic mass is 10.3. The van der Waals surface area contributed by atoms with Gasteiger partial charge in [0.1, 0.15) is 6.10 Å². The van der Waals surface area contributed by atoms with E-state index < -0.39 is 6.10 Å². The van der Waals surface area contributed by atoms with Crippen LogP contribution >= 0.6 is 11.6 Å². The molecule has 0 amide bonds. The summed E-state index contributed by atoms with van der Waals surface area (Å²) < 4.78 is 0. The quantitative estimate of drug-likeness (QED) is 0.417. The lowest BCUT2D eigenvalue weighted by Gasteiger charge is -1.92. The second kappa shape index (κ2) is 4.96. The summed E-state index contributed by atoms with van der Waals surface area (Å²) in [6.07, 6.45) is 0.179. The molecule has 1 nitrogen and oxygen atoms in total. The summed E-state index contributed by atoms with van der Waals surface area (Å²) in [6, 6.07) is 0. The van der Waals surface area contributed by atoms with E-state index in [1.54, 1.807) is 0 Å². The summed E-state index contributed by atoms with van der Waals surface area (Å²) in [5, 5.41) is 8.76. The van der Waals surface area contributed by atoms with Crippen LogP contribution in [0, 0.1) is 11.8 Å². The second-order valence-corrected chi connectivity index (χ2v) is 1.65. The second-order valence-electron chi connectivity index (χ2n) is 1.38. The molecule has 8 heavy (non-hydrogen) atoms. The van der Waals surface area contributed by atoms with Gasteiger partial charge in [-0.25, -0.2) is 0 Å². The Bertz CT molecular complexity index is 101. The predicted molar refractivity (Wildman–Crippen MR) is 34.8 cm³/mol. The van der Waals surface area contributed by atoms with E-state index in [2.05, 4.69) is 11.8 Å². The Morgan fingerprint density at radius 1 is 1.75 bits per heavy atom. The van der Waals surface area contributed by atoms with Crippen molar-refractivity contribution in [3.05, 3.63) is 0 Å². The fraction of sp³-hybridized carbons (Fsp3) is 0.667. The molecule has 0 bridgehead atoms. The monoisotopic (exact) mass is 132 g/mol. The van der Waals surface area contributed by atoms with Crippen molar-refractivity contribution in [3.8, 4) is 11.8 Å². The molecule has 0 aliphatic heterocycles. The zero-order valence-electron chi connectivity index (χ0n) is 4.82. The fourth-order valence-electron chi connectivity index (χ4n) is 0.258. The van der Waals surface area contributed by atoms with Crippen LogP contribution < -0.4 is 0 Å². The molecule has 0 aromatic carbocycles. The van der Waals surface area contributed by atoms with Crippen molar-refractivity contribution in [2.75, 3.05) is 5.88 Å². The van der Waals surface area contributed by atoms with Gasteiger partial charge in [-0.15, -0.1) is 11.6 Å². The van der Waals surface area contributed by atoms with Crippen LogP contribution in [0.15, 0.2) is 0 Å². The van der Waals surface area contributed by atoms with Gasteiger partial charge < -0.3 is 5.11 Å². The highest BCUT2D eigenvalue weighted by Crippen LogP contribution is 1.84. The van der Waals surface area contributed by atoms with E-state index in [1.807, 2.05) is 6.92 Å². The predicted octanol–water partition coefficient (Wildman–Crippen LogP) is 0.999. The summed E-state index contributed by atoms with van der Waals surface area (Å²) in [5.74, 6) is 5.42. The number of alkyl halides is 1. The molecule has 0 fully saturated rings. The molecule has 0 aromatic heterocycles. The van der Waals surface area contributed by atoms with Gasteiger partial charge in [0.05, 0.1) is 5.88 Å². The Balaban J connectivity index is 3.35. The molecule has 0 rings (SSSR count). The highest BCUT2D eigenvalue weighted by molar-refractivity contribution is 6.19. The van der Waals surface area contributed by atoms with Gasteiger partial charge in [0.25, 0.3) is 0 Å². The van der Waals surface area contributed by atoms with E-state index in [0.717, 1.165) is 0 Å². The van der Waals surface area contributed by atoms with Crippen molar-refractivity contribution < 1.29 is 5.11 Å². The van der Waals surface area contributed by atoms with Gasteiger partial charge in [-0.1, -0.05) is 18.8 Å². The van der Waals surface area contributed by atoms with E-state index in [0.29, 0.717) is 12.3 Å². The molecule has 0 saturated carbocycles. The van der Waals surface area contributed by atoms with Gasteiger partial charge in [-0.05, 0) is 6.42 Å². The van der Waals surface area contributed by atoms with E-state index in [-0.39, 0.29) is 0 Å². The number of hydrogen-bond donors (Lipinski definition) is 1. The Kier molecular flexibility index (Phi) is 4.84. The van der Waals surface area contributed by atoms with Crippen LogP contribution in [0.2, 0.25) is 0 Å². The topological polar surface area (TPSA) is 20.2 Å². The summed E-state index contributed by atoms with van der Waals surface area (Å²) in [5.41, 5.74) is 0. The lowest BCUT2D eigenvalue weighted by molar-refractivity contribution is 0.228. The smallest absolute Gasteiger partial charge is 0.114 e. The first-order valence-corrected chi connectivity index (χ1v) is 3.07. The minimum absolute atomic E-state index is 0.303. The van der Waals surface area contributed by atoms with Crippen LogP contribution in [0.1, 0.15) is 13.3 Å². The summed E-state index contributed by atoms with van der Waals surface area (Å²) in [6.45, 7) is 1.87. The minimum Gasteiger partial charge on any atom is -0.380 e. The molecule has 0 aliphatic rings. The van der Waals surface area contributed by atoms with Gasteiger partial charge >= 0.3 is 0 Å². The number of halogens is 1. The first-order valence-electron chi connectivity index (χ1n) is 2.53. The average molecular weight is 133 g/mol. The van der Waals surface area contributed by atoms with Gasteiger partial charge in [0, 0.05) is 0 Å². The number of aliphatic hydroxyl groups excluding tert-OH is 1. The first-order chi connectivity index (χ1) is 3.81. The third-order valence-electron chi connectivity index (χ3n) is 0.722. The Labute approximate surface area is 54.7 Å². The van der Waals surface area contributed by atoms with Gasteiger partial charge in [0.15, 0.2) is 0 Å². The molecule has 0 saturated heterocycles. The van der Waals surface area contributed by atoms with Crippen molar-refractivity contribution in [1.82, 2.24) is 0 Å². The Hall–Kier alpha value is -0.190. The molecule has 0 spiro atoms. The summed E-state index contributed by atoms with van der Waals surface area (Å²) in [7, 11) is 0. The molecule has 46 valence electrons. The maximum absolute atomic E-state index is 8.76. The lowest BCUT2D eigenvalue weighted by Crippen LogP contribution is -1.98.